The average molecular weight is 280 g/mol. The second-order valence-electron chi connectivity index (χ2n) is 5.84. The summed E-state index contributed by atoms with van der Waals surface area (Å²) in [5.41, 5.74) is 1.20. The fourth-order valence-electron chi connectivity index (χ4n) is 3.12. The van der Waals surface area contributed by atoms with E-state index in [4.69, 9.17) is 4.98 Å². The van der Waals surface area contributed by atoms with Gasteiger partial charge in [0.1, 0.15) is 0 Å². The third-order valence-electron chi connectivity index (χ3n) is 4.42. The van der Waals surface area contributed by atoms with E-state index in [1.807, 2.05) is 0 Å². The first kappa shape index (κ1) is 13.4. The Kier molecular flexibility index (Phi) is 4.08. The summed E-state index contributed by atoms with van der Waals surface area (Å²) < 4.78 is 0. The van der Waals surface area contributed by atoms with Crippen molar-refractivity contribution in [2.75, 3.05) is 11.4 Å². The summed E-state index contributed by atoms with van der Waals surface area (Å²) in [7, 11) is 0. The lowest BCUT2D eigenvalue weighted by Gasteiger charge is -2.28. The Labute approximate surface area is 119 Å². The molecule has 0 aromatic carbocycles. The molecule has 1 saturated heterocycles. The van der Waals surface area contributed by atoms with Crippen LogP contribution in [0.25, 0.3) is 0 Å². The van der Waals surface area contributed by atoms with Crippen molar-refractivity contribution < 1.29 is 5.11 Å². The number of rotatable bonds is 4. The standard InChI is InChI=1S/C15H24N2OS/c1-2-12-6-4-3-5-9-17(12)15-16-14(11-7-8-11)13(10-18)19-15/h11-12,18H,2-10H2,1H3. The van der Waals surface area contributed by atoms with Crippen molar-refractivity contribution >= 4 is 16.5 Å². The number of aromatic nitrogens is 1. The van der Waals surface area contributed by atoms with Gasteiger partial charge in [-0.3, -0.25) is 0 Å². The van der Waals surface area contributed by atoms with Gasteiger partial charge in [0, 0.05) is 18.5 Å². The van der Waals surface area contributed by atoms with E-state index < -0.39 is 0 Å². The number of aliphatic hydroxyl groups is 1. The van der Waals surface area contributed by atoms with E-state index in [9.17, 15) is 5.11 Å². The van der Waals surface area contributed by atoms with Gasteiger partial charge in [0.15, 0.2) is 5.13 Å². The van der Waals surface area contributed by atoms with Crippen LogP contribution in [0.3, 0.4) is 0 Å². The lowest BCUT2D eigenvalue weighted by atomic mass is 10.1. The van der Waals surface area contributed by atoms with E-state index in [1.165, 1.54) is 55.8 Å². The average Bonchev–Trinajstić information content (AvgIpc) is 3.23. The fraction of sp³-hybridized carbons (Fsp3) is 0.800. The van der Waals surface area contributed by atoms with Gasteiger partial charge in [-0.1, -0.05) is 31.1 Å². The molecule has 19 heavy (non-hydrogen) atoms. The summed E-state index contributed by atoms with van der Waals surface area (Å²) in [5, 5.41) is 10.7. The van der Waals surface area contributed by atoms with Gasteiger partial charge in [-0.05, 0) is 32.1 Å². The summed E-state index contributed by atoms with van der Waals surface area (Å²) in [6.45, 7) is 3.58. The van der Waals surface area contributed by atoms with E-state index in [-0.39, 0.29) is 6.61 Å². The number of hydrogen-bond acceptors (Lipinski definition) is 4. The van der Waals surface area contributed by atoms with E-state index in [1.54, 1.807) is 11.3 Å². The number of anilines is 1. The van der Waals surface area contributed by atoms with Crippen LogP contribution in [0.4, 0.5) is 5.13 Å². The molecule has 1 unspecified atom stereocenters. The van der Waals surface area contributed by atoms with Gasteiger partial charge in [-0.15, -0.1) is 0 Å². The fourth-order valence-corrected chi connectivity index (χ4v) is 4.22. The zero-order valence-electron chi connectivity index (χ0n) is 11.8. The van der Waals surface area contributed by atoms with Crippen LogP contribution in [0, 0.1) is 0 Å². The first-order chi connectivity index (χ1) is 9.33. The number of thiazole rings is 1. The van der Waals surface area contributed by atoms with Gasteiger partial charge < -0.3 is 10.0 Å². The third-order valence-corrected chi connectivity index (χ3v) is 5.51. The molecule has 3 rings (SSSR count). The smallest absolute Gasteiger partial charge is 0.186 e. The largest absolute Gasteiger partial charge is 0.391 e. The Morgan fingerprint density at radius 1 is 1.26 bits per heavy atom. The van der Waals surface area contributed by atoms with Crippen molar-refractivity contribution in [2.24, 2.45) is 0 Å². The van der Waals surface area contributed by atoms with E-state index in [0.717, 1.165) is 11.4 Å². The summed E-state index contributed by atoms with van der Waals surface area (Å²) >= 11 is 1.73. The first-order valence-corrected chi connectivity index (χ1v) is 8.52. The van der Waals surface area contributed by atoms with Gasteiger partial charge in [0.05, 0.1) is 17.2 Å². The minimum Gasteiger partial charge on any atom is -0.391 e. The van der Waals surface area contributed by atoms with Crippen molar-refractivity contribution in [1.82, 2.24) is 4.98 Å². The minimum atomic E-state index is 0.161. The highest BCUT2D eigenvalue weighted by molar-refractivity contribution is 7.15. The van der Waals surface area contributed by atoms with Crippen molar-refractivity contribution in [3.05, 3.63) is 10.6 Å². The van der Waals surface area contributed by atoms with Crippen LogP contribution >= 0.6 is 11.3 Å². The van der Waals surface area contributed by atoms with Crippen molar-refractivity contribution in [2.45, 2.75) is 70.4 Å². The minimum absolute atomic E-state index is 0.161. The topological polar surface area (TPSA) is 36.4 Å². The number of nitrogens with zero attached hydrogens (tertiary/aromatic N) is 2. The molecule has 3 nitrogen and oxygen atoms in total. The normalized spacial score (nSPS) is 24.5. The van der Waals surface area contributed by atoms with E-state index >= 15 is 0 Å². The van der Waals surface area contributed by atoms with Crippen LogP contribution in [0.2, 0.25) is 0 Å². The van der Waals surface area contributed by atoms with Gasteiger partial charge >= 0.3 is 0 Å². The molecular weight excluding hydrogens is 256 g/mol. The highest BCUT2D eigenvalue weighted by Crippen LogP contribution is 2.44. The van der Waals surface area contributed by atoms with E-state index in [0.29, 0.717) is 12.0 Å². The van der Waals surface area contributed by atoms with Crippen molar-refractivity contribution in [1.29, 1.82) is 0 Å². The van der Waals surface area contributed by atoms with Crippen molar-refractivity contribution in [3.63, 3.8) is 0 Å². The van der Waals surface area contributed by atoms with Gasteiger partial charge in [-0.25, -0.2) is 4.98 Å². The molecule has 4 heteroatoms. The Bertz CT molecular complexity index is 428. The highest BCUT2D eigenvalue weighted by atomic mass is 32.1. The molecule has 0 radical (unpaired) electrons. The molecule has 2 heterocycles. The molecule has 2 fully saturated rings. The molecule has 0 spiro atoms. The molecule has 1 aromatic heterocycles. The van der Waals surface area contributed by atoms with Crippen LogP contribution in [0.15, 0.2) is 0 Å². The summed E-state index contributed by atoms with van der Waals surface area (Å²) in [6.07, 6.45) is 8.99. The second-order valence-corrected chi connectivity index (χ2v) is 6.90. The van der Waals surface area contributed by atoms with Crippen LogP contribution in [-0.4, -0.2) is 22.7 Å². The van der Waals surface area contributed by atoms with Crippen LogP contribution in [-0.2, 0) is 6.61 Å². The zero-order valence-corrected chi connectivity index (χ0v) is 12.6. The highest BCUT2D eigenvalue weighted by Gasteiger charge is 2.31. The van der Waals surface area contributed by atoms with Gasteiger partial charge in [0.2, 0.25) is 0 Å². The summed E-state index contributed by atoms with van der Waals surface area (Å²) in [5.74, 6) is 0.638. The lowest BCUT2D eigenvalue weighted by Crippen LogP contribution is -2.34. The van der Waals surface area contributed by atoms with Gasteiger partial charge in [0.25, 0.3) is 0 Å². The van der Waals surface area contributed by atoms with Crippen molar-refractivity contribution in [3.8, 4) is 0 Å². The maximum atomic E-state index is 9.54. The quantitative estimate of drug-likeness (QED) is 0.914. The summed E-state index contributed by atoms with van der Waals surface area (Å²) in [4.78, 5) is 8.52. The Morgan fingerprint density at radius 3 is 2.79 bits per heavy atom. The monoisotopic (exact) mass is 280 g/mol. The first-order valence-electron chi connectivity index (χ1n) is 7.70. The maximum absolute atomic E-state index is 9.54. The predicted octanol–water partition coefficient (Wildman–Crippen LogP) is 3.67. The molecule has 1 N–H and O–H groups in total. The van der Waals surface area contributed by atoms with Crippen LogP contribution in [0.1, 0.15) is 68.4 Å². The van der Waals surface area contributed by atoms with Crippen LogP contribution in [0.5, 0.6) is 0 Å². The lowest BCUT2D eigenvalue weighted by molar-refractivity contribution is 0.284. The molecule has 1 aliphatic carbocycles. The van der Waals surface area contributed by atoms with Crippen LogP contribution < -0.4 is 4.90 Å². The SMILES string of the molecule is CCC1CCCCCN1c1nc(C2CC2)c(CO)s1. The second kappa shape index (κ2) is 5.80. The number of hydrogen-bond donors (Lipinski definition) is 1. The molecule has 1 saturated carbocycles. The van der Waals surface area contributed by atoms with E-state index in [2.05, 4.69) is 11.8 Å². The Hall–Kier alpha value is -0.610. The maximum Gasteiger partial charge on any atom is 0.186 e. The number of aliphatic hydroxyl groups excluding tert-OH is 1. The third kappa shape index (κ3) is 2.79. The molecule has 1 atom stereocenters. The zero-order chi connectivity index (χ0) is 13.2. The molecule has 2 aliphatic rings. The molecular formula is C15H24N2OS. The molecule has 0 amide bonds. The molecule has 106 valence electrons. The Morgan fingerprint density at radius 2 is 2.11 bits per heavy atom. The Balaban J connectivity index is 1.86. The van der Waals surface area contributed by atoms with Gasteiger partial charge in [-0.2, -0.15) is 0 Å². The summed E-state index contributed by atoms with van der Waals surface area (Å²) in [6, 6.07) is 0.646. The molecule has 0 bridgehead atoms. The predicted molar refractivity (Wildman–Crippen MR) is 79.9 cm³/mol. The molecule has 1 aromatic rings. The molecule has 1 aliphatic heterocycles.